The van der Waals surface area contributed by atoms with E-state index in [9.17, 15) is 9.59 Å². The quantitative estimate of drug-likeness (QED) is 0.525. The zero-order valence-electron chi connectivity index (χ0n) is 16.5. The molecule has 0 aliphatic heterocycles. The molecule has 0 saturated heterocycles. The summed E-state index contributed by atoms with van der Waals surface area (Å²) in [7, 11) is 0. The summed E-state index contributed by atoms with van der Waals surface area (Å²) >= 11 is 1.53. The van der Waals surface area contributed by atoms with E-state index in [-0.39, 0.29) is 24.8 Å². The van der Waals surface area contributed by atoms with Gasteiger partial charge >= 0.3 is 0 Å². The lowest BCUT2D eigenvalue weighted by atomic mass is 10.1. The Morgan fingerprint density at radius 3 is 2.52 bits per heavy atom. The van der Waals surface area contributed by atoms with Gasteiger partial charge in [0.1, 0.15) is 0 Å². The van der Waals surface area contributed by atoms with Gasteiger partial charge in [-0.15, -0.1) is 11.3 Å². The molecule has 3 rings (SSSR count). The Morgan fingerprint density at radius 1 is 1.00 bits per heavy atom. The van der Waals surface area contributed by atoms with E-state index in [1.807, 2.05) is 55.6 Å². The first-order valence-corrected chi connectivity index (χ1v) is 10.2. The van der Waals surface area contributed by atoms with Gasteiger partial charge in [-0.25, -0.2) is 4.98 Å². The number of aryl methyl sites for hydroxylation is 2. The Bertz CT molecular complexity index is 985. The summed E-state index contributed by atoms with van der Waals surface area (Å²) in [5.74, 6) is -0.622. The number of thiazole rings is 1. The highest BCUT2D eigenvalue weighted by molar-refractivity contribution is 7.09. The molecule has 7 heteroatoms. The third-order valence-corrected chi connectivity index (χ3v) is 5.20. The van der Waals surface area contributed by atoms with Crippen molar-refractivity contribution in [2.24, 2.45) is 0 Å². The summed E-state index contributed by atoms with van der Waals surface area (Å²) in [4.78, 5) is 28.5. The molecule has 0 bridgehead atoms. The fourth-order valence-electron chi connectivity index (χ4n) is 2.86. The number of rotatable bonds is 7. The number of carbonyl (C=O) groups is 2. The van der Waals surface area contributed by atoms with Crippen molar-refractivity contribution < 1.29 is 9.59 Å². The predicted molar refractivity (Wildman–Crippen MR) is 116 cm³/mol. The number of hydrogen-bond donors (Lipinski definition) is 3. The fraction of sp³-hybridized carbons (Fsp3) is 0.227. The number of anilines is 1. The summed E-state index contributed by atoms with van der Waals surface area (Å²) in [5.41, 5.74) is 9.86. The van der Waals surface area contributed by atoms with Crippen LogP contribution in [0.2, 0.25) is 0 Å². The lowest BCUT2D eigenvalue weighted by Crippen LogP contribution is -2.44. The minimum absolute atomic E-state index is 0.0715. The van der Waals surface area contributed by atoms with Gasteiger partial charge < -0.3 is 5.32 Å². The molecule has 1 heterocycles. The molecular formula is C22H24N4O2S. The molecule has 0 unspecified atom stereocenters. The molecule has 2 aromatic carbocycles. The molecule has 0 aliphatic carbocycles. The largest absolute Gasteiger partial charge is 0.376 e. The Balaban J connectivity index is 1.41. The van der Waals surface area contributed by atoms with Crippen molar-refractivity contribution in [1.29, 1.82) is 0 Å². The third-order valence-electron chi connectivity index (χ3n) is 4.30. The maximum absolute atomic E-state index is 12.1. The topological polar surface area (TPSA) is 83.1 Å². The lowest BCUT2D eigenvalue weighted by Gasteiger charge is -2.11. The van der Waals surface area contributed by atoms with Gasteiger partial charge in [0.2, 0.25) is 5.91 Å². The van der Waals surface area contributed by atoms with Crippen LogP contribution in [0.4, 0.5) is 5.69 Å². The van der Waals surface area contributed by atoms with Gasteiger partial charge in [0.25, 0.3) is 5.91 Å². The maximum Gasteiger partial charge on any atom is 0.257 e. The van der Waals surface area contributed by atoms with Crippen LogP contribution in [0.15, 0.2) is 53.9 Å². The van der Waals surface area contributed by atoms with Gasteiger partial charge in [0.05, 0.1) is 23.7 Å². The smallest absolute Gasteiger partial charge is 0.257 e. The average molecular weight is 409 g/mol. The molecule has 0 aliphatic rings. The predicted octanol–water partition coefficient (Wildman–Crippen LogP) is 3.15. The third kappa shape index (κ3) is 6.43. The summed E-state index contributed by atoms with van der Waals surface area (Å²) < 4.78 is 0. The van der Waals surface area contributed by atoms with E-state index < -0.39 is 0 Å². The molecule has 0 radical (unpaired) electrons. The van der Waals surface area contributed by atoms with E-state index in [2.05, 4.69) is 33.3 Å². The first-order valence-electron chi connectivity index (χ1n) is 9.35. The van der Waals surface area contributed by atoms with E-state index in [0.29, 0.717) is 5.69 Å². The summed E-state index contributed by atoms with van der Waals surface area (Å²) in [6.45, 7) is 4.07. The number of amides is 2. The van der Waals surface area contributed by atoms with Crippen LogP contribution in [0, 0.1) is 13.8 Å². The molecule has 6 nitrogen and oxygen atoms in total. The minimum Gasteiger partial charge on any atom is -0.376 e. The van der Waals surface area contributed by atoms with Crippen LogP contribution in [-0.2, 0) is 22.4 Å². The van der Waals surface area contributed by atoms with Crippen molar-refractivity contribution in [3.63, 3.8) is 0 Å². The number of carbonyl (C=O) groups excluding carboxylic acids is 2. The van der Waals surface area contributed by atoms with E-state index in [0.717, 1.165) is 22.7 Å². The first kappa shape index (κ1) is 20.5. The van der Waals surface area contributed by atoms with Gasteiger partial charge in [-0.2, -0.15) is 0 Å². The molecule has 0 fully saturated rings. The van der Waals surface area contributed by atoms with Crippen molar-refractivity contribution in [2.45, 2.75) is 26.7 Å². The van der Waals surface area contributed by atoms with Crippen LogP contribution in [-0.4, -0.2) is 23.3 Å². The number of aromatic nitrogens is 1. The highest BCUT2D eigenvalue weighted by Gasteiger charge is 2.10. The van der Waals surface area contributed by atoms with Gasteiger partial charge in [-0.3, -0.25) is 20.4 Å². The van der Waals surface area contributed by atoms with Gasteiger partial charge in [0.15, 0.2) is 0 Å². The van der Waals surface area contributed by atoms with Crippen LogP contribution >= 0.6 is 11.3 Å². The highest BCUT2D eigenvalue weighted by atomic mass is 32.1. The van der Waals surface area contributed by atoms with Crippen molar-refractivity contribution in [3.8, 4) is 0 Å². The monoisotopic (exact) mass is 408 g/mol. The SMILES string of the molecule is Cc1ccc(NCC(=O)NNC(=O)Cc2csc(Cc3ccccc3)n2)c(C)c1. The number of hydrazine groups is 1. The van der Waals surface area contributed by atoms with Crippen LogP contribution in [0.5, 0.6) is 0 Å². The first-order chi connectivity index (χ1) is 14.0. The Morgan fingerprint density at radius 2 is 1.76 bits per heavy atom. The zero-order valence-corrected chi connectivity index (χ0v) is 17.3. The summed E-state index contributed by atoms with van der Waals surface area (Å²) in [6, 6.07) is 16.0. The second kappa shape index (κ2) is 9.84. The molecule has 29 heavy (non-hydrogen) atoms. The second-order valence-corrected chi connectivity index (χ2v) is 7.78. The molecule has 3 aromatic rings. The summed E-state index contributed by atoms with van der Waals surface area (Å²) in [5, 5.41) is 5.90. The van der Waals surface area contributed by atoms with Gasteiger partial charge in [-0.1, -0.05) is 48.0 Å². The molecule has 2 amide bonds. The molecule has 0 atom stereocenters. The fourth-order valence-corrected chi connectivity index (χ4v) is 3.69. The molecule has 0 saturated carbocycles. The minimum atomic E-state index is -0.318. The van der Waals surface area contributed by atoms with Gasteiger partial charge in [-0.05, 0) is 31.0 Å². The number of benzene rings is 2. The molecule has 1 aromatic heterocycles. The Labute approximate surface area is 174 Å². The van der Waals surface area contributed by atoms with Crippen molar-refractivity contribution in [3.05, 3.63) is 81.3 Å². The number of nitrogens with zero attached hydrogens (tertiary/aromatic N) is 1. The molecule has 3 N–H and O–H groups in total. The normalized spacial score (nSPS) is 10.4. The van der Waals surface area contributed by atoms with Crippen LogP contribution in [0.1, 0.15) is 27.4 Å². The van der Waals surface area contributed by atoms with Crippen molar-refractivity contribution >= 4 is 28.8 Å². The lowest BCUT2D eigenvalue weighted by molar-refractivity contribution is -0.127. The zero-order chi connectivity index (χ0) is 20.6. The maximum atomic E-state index is 12.1. The van der Waals surface area contributed by atoms with Crippen molar-refractivity contribution in [1.82, 2.24) is 15.8 Å². The van der Waals surface area contributed by atoms with E-state index >= 15 is 0 Å². The summed E-state index contributed by atoms with van der Waals surface area (Å²) in [6.07, 6.45) is 0.865. The molecule has 150 valence electrons. The second-order valence-electron chi connectivity index (χ2n) is 6.84. The van der Waals surface area contributed by atoms with Gasteiger partial charge in [0, 0.05) is 17.5 Å². The molecular weight excluding hydrogens is 384 g/mol. The van der Waals surface area contributed by atoms with Crippen LogP contribution in [0.3, 0.4) is 0 Å². The Kier molecular flexibility index (Phi) is 6.97. The van der Waals surface area contributed by atoms with Crippen molar-refractivity contribution in [2.75, 3.05) is 11.9 Å². The Hall–Kier alpha value is -3.19. The average Bonchev–Trinajstić information content (AvgIpc) is 3.13. The van der Waals surface area contributed by atoms with Crippen LogP contribution < -0.4 is 16.2 Å². The highest BCUT2D eigenvalue weighted by Crippen LogP contribution is 2.16. The number of nitrogens with one attached hydrogen (secondary N) is 3. The van der Waals surface area contributed by atoms with E-state index in [4.69, 9.17) is 0 Å². The van der Waals surface area contributed by atoms with E-state index in [1.54, 1.807) is 0 Å². The number of hydrogen-bond acceptors (Lipinski definition) is 5. The molecule has 0 spiro atoms. The standard InChI is InChI=1S/C22H24N4O2S/c1-15-8-9-19(16(2)10-15)23-13-21(28)26-25-20(27)12-18-14-29-22(24-18)11-17-6-4-3-5-7-17/h3-10,14,23H,11-13H2,1-2H3,(H,25,27)(H,26,28). The van der Waals surface area contributed by atoms with Crippen LogP contribution in [0.25, 0.3) is 0 Å². The van der Waals surface area contributed by atoms with E-state index in [1.165, 1.54) is 22.5 Å².